The summed E-state index contributed by atoms with van der Waals surface area (Å²) in [6, 6.07) is 11.7. The van der Waals surface area contributed by atoms with E-state index in [1.807, 2.05) is 51.1 Å². The Bertz CT molecular complexity index is 744. The number of carbonyl (C=O) groups is 1. The van der Waals surface area contributed by atoms with Gasteiger partial charge in [-0.2, -0.15) is 0 Å². The molecule has 1 heterocycles. The SMILES string of the molecule is CC(C)(C)OC(=O)N1CCN(c2c(O)ccc3ccccc23)CC1. The van der Waals surface area contributed by atoms with E-state index in [4.69, 9.17) is 4.74 Å². The molecule has 0 saturated carbocycles. The first-order valence-corrected chi connectivity index (χ1v) is 8.29. The summed E-state index contributed by atoms with van der Waals surface area (Å²) in [7, 11) is 0. The molecule has 3 rings (SSSR count). The molecule has 24 heavy (non-hydrogen) atoms. The molecule has 0 bridgehead atoms. The summed E-state index contributed by atoms with van der Waals surface area (Å²) in [6.45, 7) is 8.11. The third-order valence-electron chi connectivity index (χ3n) is 4.13. The molecule has 0 unspecified atom stereocenters. The highest BCUT2D eigenvalue weighted by Crippen LogP contribution is 2.36. The highest BCUT2D eigenvalue weighted by molar-refractivity contribution is 5.97. The van der Waals surface area contributed by atoms with Gasteiger partial charge in [-0.1, -0.05) is 30.3 Å². The van der Waals surface area contributed by atoms with E-state index in [1.54, 1.807) is 11.0 Å². The van der Waals surface area contributed by atoms with Crippen LogP contribution in [0.15, 0.2) is 36.4 Å². The molecule has 5 nitrogen and oxygen atoms in total. The summed E-state index contributed by atoms with van der Waals surface area (Å²) in [5, 5.41) is 12.5. The Kier molecular flexibility index (Phi) is 4.26. The van der Waals surface area contributed by atoms with Crippen LogP contribution in [-0.2, 0) is 4.74 Å². The number of carbonyl (C=O) groups excluding carboxylic acids is 1. The molecule has 1 fully saturated rings. The molecule has 1 aliphatic rings. The van der Waals surface area contributed by atoms with Crippen LogP contribution >= 0.6 is 0 Å². The monoisotopic (exact) mass is 328 g/mol. The first-order valence-electron chi connectivity index (χ1n) is 8.29. The number of benzene rings is 2. The van der Waals surface area contributed by atoms with Crippen LogP contribution in [0.1, 0.15) is 20.8 Å². The van der Waals surface area contributed by atoms with E-state index in [9.17, 15) is 9.90 Å². The Morgan fingerprint density at radius 1 is 1.04 bits per heavy atom. The lowest BCUT2D eigenvalue weighted by Gasteiger charge is -2.37. The van der Waals surface area contributed by atoms with Crippen LogP contribution in [0, 0.1) is 0 Å². The third kappa shape index (κ3) is 3.40. The molecule has 0 aromatic heterocycles. The zero-order chi connectivity index (χ0) is 17.3. The highest BCUT2D eigenvalue weighted by atomic mass is 16.6. The van der Waals surface area contributed by atoms with Gasteiger partial charge in [0.25, 0.3) is 0 Å². The van der Waals surface area contributed by atoms with E-state index in [2.05, 4.69) is 4.90 Å². The summed E-state index contributed by atoms with van der Waals surface area (Å²) in [4.78, 5) is 16.0. The lowest BCUT2D eigenvalue weighted by Crippen LogP contribution is -2.50. The number of ether oxygens (including phenoxy) is 1. The van der Waals surface area contributed by atoms with Crippen LogP contribution in [0.3, 0.4) is 0 Å². The molecule has 0 atom stereocenters. The van der Waals surface area contributed by atoms with Crippen molar-refractivity contribution in [1.82, 2.24) is 4.90 Å². The van der Waals surface area contributed by atoms with E-state index in [0.29, 0.717) is 26.2 Å². The molecule has 5 heteroatoms. The Morgan fingerprint density at radius 3 is 2.38 bits per heavy atom. The Morgan fingerprint density at radius 2 is 1.71 bits per heavy atom. The molecular weight excluding hydrogens is 304 g/mol. The summed E-state index contributed by atoms with van der Waals surface area (Å²) in [5.74, 6) is 0.277. The molecule has 1 aliphatic heterocycles. The zero-order valence-electron chi connectivity index (χ0n) is 14.5. The van der Waals surface area contributed by atoms with Crippen LogP contribution in [0.25, 0.3) is 10.8 Å². The van der Waals surface area contributed by atoms with Crippen molar-refractivity contribution in [3.8, 4) is 5.75 Å². The zero-order valence-corrected chi connectivity index (χ0v) is 14.5. The summed E-state index contributed by atoms with van der Waals surface area (Å²) in [5.41, 5.74) is 0.360. The Hall–Kier alpha value is -2.43. The minimum Gasteiger partial charge on any atom is -0.506 e. The fraction of sp³-hybridized carbons (Fsp3) is 0.421. The normalized spacial score (nSPS) is 15.6. The highest BCUT2D eigenvalue weighted by Gasteiger charge is 2.27. The van der Waals surface area contributed by atoms with Gasteiger partial charge in [0.05, 0.1) is 5.69 Å². The number of hydrogen-bond acceptors (Lipinski definition) is 4. The quantitative estimate of drug-likeness (QED) is 0.869. The molecule has 0 aliphatic carbocycles. The van der Waals surface area contributed by atoms with Gasteiger partial charge >= 0.3 is 6.09 Å². The van der Waals surface area contributed by atoms with Crippen molar-refractivity contribution >= 4 is 22.6 Å². The number of nitrogens with zero attached hydrogens (tertiary/aromatic N) is 2. The van der Waals surface area contributed by atoms with Gasteiger partial charge in [0, 0.05) is 31.6 Å². The second kappa shape index (κ2) is 6.23. The van der Waals surface area contributed by atoms with Crippen molar-refractivity contribution in [2.45, 2.75) is 26.4 Å². The largest absolute Gasteiger partial charge is 0.506 e. The van der Waals surface area contributed by atoms with Crippen molar-refractivity contribution in [1.29, 1.82) is 0 Å². The predicted molar refractivity (Wildman–Crippen MR) is 95.6 cm³/mol. The minimum absolute atomic E-state index is 0.274. The van der Waals surface area contributed by atoms with Gasteiger partial charge in [0.1, 0.15) is 11.4 Å². The minimum atomic E-state index is -0.484. The van der Waals surface area contributed by atoms with Crippen LogP contribution in [-0.4, -0.2) is 47.9 Å². The van der Waals surface area contributed by atoms with Crippen LogP contribution in [0.2, 0.25) is 0 Å². The number of phenols is 1. The number of piperazine rings is 1. The number of phenolic OH excluding ortho intramolecular Hbond substituents is 1. The molecule has 0 spiro atoms. The number of fused-ring (bicyclic) bond motifs is 1. The second-order valence-electron chi connectivity index (χ2n) is 7.11. The fourth-order valence-corrected chi connectivity index (χ4v) is 3.02. The van der Waals surface area contributed by atoms with Crippen molar-refractivity contribution in [2.24, 2.45) is 0 Å². The van der Waals surface area contributed by atoms with E-state index < -0.39 is 5.60 Å². The number of aromatic hydroxyl groups is 1. The first kappa shape index (κ1) is 16.4. The maximum absolute atomic E-state index is 12.2. The maximum Gasteiger partial charge on any atom is 0.410 e. The molecule has 1 saturated heterocycles. The van der Waals surface area contributed by atoms with Gasteiger partial charge in [0.2, 0.25) is 0 Å². The second-order valence-corrected chi connectivity index (χ2v) is 7.11. The molecule has 1 amide bonds. The predicted octanol–water partition coefficient (Wildman–Crippen LogP) is 3.60. The van der Waals surface area contributed by atoms with E-state index in [1.165, 1.54) is 0 Å². The average molecular weight is 328 g/mol. The Labute approximate surface area is 142 Å². The lowest BCUT2D eigenvalue weighted by molar-refractivity contribution is 0.0240. The van der Waals surface area contributed by atoms with E-state index in [-0.39, 0.29) is 11.8 Å². The van der Waals surface area contributed by atoms with Gasteiger partial charge in [-0.15, -0.1) is 0 Å². The number of hydrogen-bond donors (Lipinski definition) is 1. The van der Waals surface area contributed by atoms with Gasteiger partial charge < -0.3 is 19.6 Å². The van der Waals surface area contributed by atoms with Gasteiger partial charge in [-0.3, -0.25) is 0 Å². The van der Waals surface area contributed by atoms with Crippen LogP contribution in [0.4, 0.5) is 10.5 Å². The third-order valence-corrected chi connectivity index (χ3v) is 4.13. The lowest BCUT2D eigenvalue weighted by atomic mass is 10.1. The fourth-order valence-electron chi connectivity index (χ4n) is 3.02. The van der Waals surface area contributed by atoms with E-state index in [0.717, 1.165) is 16.5 Å². The summed E-state index contributed by atoms with van der Waals surface area (Å²) < 4.78 is 5.43. The molecule has 1 N–H and O–H groups in total. The van der Waals surface area contributed by atoms with Crippen molar-refractivity contribution in [3.05, 3.63) is 36.4 Å². The van der Waals surface area contributed by atoms with Gasteiger partial charge in [-0.05, 0) is 32.2 Å². The molecule has 2 aromatic carbocycles. The number of amides is 1. The topological polar surface area (TPSA) is 53.0 Å². The standard InChI is InChI=1S/C19H24N2O3/c1-19(2,3)24-18(23)21-12-10-20(11-13-21)17-15-7-5-4-6-14(15)8-9-16(17)22/h4-9,22H,10-13H2,1-3H3. The van der Waals surface area contributed by atoms with Gasteiger partial charge in [0.15, 0.2) is 0 Å². The first-order chi connectivity index (χ1) is 11.3. The Balaban J connectivity index is 1.76. The smallest absolute Gasteiger partial charge is 0.410 e. The van der Waals surface area contributed by atoms with Crippen molar-refractivity contribution in [2.75, 3.05) is 31.1 Å². The van der Waals surface area contributed by atoms with Crippen LogP contribution in [0.5, 0.6) is 5.75 Å². The number of rotatable bonds is 1. The van der Waals surface area contributed by atoms with Crippen molar-refractivity contribution in [3.63, 3.8) is 0 Å². The number of anilines is 1. The van der Waals surface area contributed by atoms with Gasteiger partial charge in [-0.25, -0.2) is 4.79 Å². The molecule has 0 radical (unpaired) electrons. The average Bonchev–Trinajstić information content (AvgIpc) is 2.53. The molecule has 128 valence electrons. The van der Waals surface area contributed by atoms with Crippen LogP contribution < -0.4 is 4.90 Å². The summed E-state index contributed by atoms with van der Waals surface area (Å²) in [6.07, 6.45) is -0.274. The molecule has 2 aromatic rings. The maximum atomic E-state index is 12.2. The van der Waals surface area contributed by atoms with E-state index >= 15 is 0 Å². The molecular formula is C19H24N2O3. The van der Waals surface area contributed by atoms with Crippen molar-refractivity contribution < 1.29 is 14.6 Å². The summed E-state index contributed by atoms with van der Waals surface area (Å²) >= 11 is 0.